The van der Waals surface area contributed by atoms with E-state index in [2.05, 4.69) is 93.7 Å². The number of benzene rings is 2. The summed E-state index contributed by atoms with van der Waals surface area (Å²) in [6.45, 7) is 18.8. The van der Waals surface area contributed by atoms with Crippen LogP contribution in [0.25, 0.3) is 0 Å². The number of carbonyl (C=O) groups is 2. The van der Waals surface area contributed by atoms with Crippen molar-refractivity contribution in [2.45, 2.75) is 174 Å². The molecule has 1 amide bonds. The number of rotatable bonds is 21. The molecule has 3 rings (SSSR count). The molecular weight excluding hydrogens is 679 g/mol. The second kappa shape index (κ2) is 20.8. The monoisotopic (exact) mass is 750 g/mol. The summed E-state index contributed by atoms with van der Waals surface area (Å²) in [5.41, 5.74) is -1.69. The van der Waals surface area contributed by atoms with Crippen LogP contribution in [0.15, 0.2) is 72.8 Å². The summed E-state index contributed by atoms with van der Waals surface area (Å²) in [6.07, 6.45) is 16.5. The maximum absolute atomic E-state index is 13.6. The zero-order valence-electron chi connectivity index (χ0n) is 34.6. The molecule has 1 aliphatic rings. The molecule has 8 heteroatoms. The summed E-state index contributed by atoms with van der Waals surface area (Å²) < 4.78 is 26.3. The van der Waals surface area contributed by atoms with Gasteiger partial charge in [0.05, 0.1) is 19.3 Å². The number of Topliss-reactive ketones (excluding diaryl/α,β-unsaturated/α-hetero) is 1. The van der Waals surface area contributed by atoms with Gasteiger partial charge in [-0.3, -0.25) is 4.79 Å². The smallest absolute Gasteiger partial charge is 0.408 e. The lowest BCUT2D eigenvalue weighted by molar-refractivity contribution is -0.305. The number of amides is 1. The average molecular weight is 750 g/mol. The second-order valence-corrected chi connectivity index (χ2v) is 21.7. The molecule has 0 saturated carbocycles. The normalized spacial score (nSPS) is 19.3. The van der Waals surface area contributed by atoms with Crippen LogP contribution in [-0.4, -0.2) is 56.4 Å². The Bertz CT molecular complexity index is 1360. The van der Waals surface area contributed by atoms with Crippen LogP contribution in [0.4, 0.5) is 4.79 Å². The Labute approximate surface area is 323 Å². The van der Waals surface area contributed by atoms with Crippen LogP contribution in [0.2, 0.25) is 5.04 Å². The number of hydrogen-bond acceptors (Lipinski definition) is 6. The number of ketones is 1. The first kappa shape index (κ1) is 44.6. The van der Waals surface area contributed by atoms with E-state index in [1.54, 1.807) is 0 Å². The van der Waals surface area contributed by atoms with E-state index < -0.39 is 37.4 Å². The van der Waals surface area contributed by atoms with Gasteiger partial charge in [-0.25, -0.2) is 4.79 Å². The predicted octanol–water partition coefficient (Wildman–Crippen LogP) is 10.2. The van der Waals surface area contributed by atoms with Gasteiger partial charge in [-0.2, -0.15) is 0 Å². The highest BCUT2D eigenvalue weighted by Gasteiger charge is 2.55. The van der Waals surface area contributed by atoms with E-state index >= 15 is 0 Å². The quantitative estimate of drug-likeness (QED) is 0.0777. The fourth-order valence-corrected chi connectivity index (χ4v) is 11.9. The molecule has 1 N–H and O–H groups in total. The van der Waals surface area contributed by atoms with Crippen LogP contribution in [0, 0.1) is 0 Å². The molecular formula is C45H71NO6Si. The Balaban J connectivity index is 1.77. The van der Waals surface area contributed by atoms with Crippen molar-refractivity contribution in [3.8, 4) is 0 Å². The van der Waals surface area contributed by atoms with Crippen molar-refractivity contribution in [1.82, 2.24) is 5.32 Å². The van der Waals surface area contributed by atoms with Gasteiger partial charge >= 0.3 is 6.09 Å². The molecule has 0 aliphatic carbocycles. The number of carbonyl (C=O) groups excluding carboxylic acids is 2. The number of ether oxygens (including phenoxy) is 3. The van der Waals surface area contributed by atoms with Gasteiger partial charge in [-0.05, 0) is 88.6 Å². The Morgan fingerprint density at radius 2 is 1.36 bits per heavy atom. The van der Waals surface area contributed by atoms with Gasteiger partial charge in [0.15, 0.2) is 5.79 Å². The van der Waals surface area contributed by atoms with E-state index in [1.807, 2.05) is 46.8 Å². The Hall–Kier alpha value is -2.78. The first-order valence-electron chi connectivity index (χ1n) is 20.3. The average Bonchev–Trinajstić information content (AvgIpc) is 3.08. The van der Waals surface area contributed by atoms with Crippen molar-refractivity contribution >= 4 is 30.6 Å². The lowest BCUT2D eigenvalue weighted by Crippen LogP contribution is -2.73. The van der Waals surface area contributed by atoms with Gasteiger partial charge in [0.2, 0.25) is 0 Å². The fourth-order valence-electron chi connectivity index (χ4n) is 7.31. The molecule has 1 aliphatic heterocycles. The molecule has 0 spiro atoms. The van der Waals surface area contributed by atoms with E-state index in [1.165, 1.54) is 19.3 Å². The summed E-state index contributed by atoms with van der Waals surface area (Å²) >= 11 is 0. The first-order chi connectivity index (χ1) is 25.0. The van der Waals surface area contributed by atoms with Crippen molar-refractivity contribution in [2.75, 3.05) is 13.2 Å². The summed E-state index contributed by atoms with van der Waals surface area (Å²) in [5.74, 6) is -0.407. The summed E-state index contributed by atoms with van der Waals surface area (Å²) in [4.78, 5) is 25.8. The van der Waals surface area contributed by atoms with E-state index in [-0.39, 0.29) is 18.3 Å². The van der Waals surface area contributed by atoms with Crippen molar-refractivity contribution in [2.24, 2.45) is 0 Å². The van der Waals surface area contributed by atoms with Crippen molar-refractivity contribution in [3.05, 3.63) is 72.8 Å². The largest absolute Gasteiger partial charge is 0.444 e. The second-order valence-electron chi connectivity index (χ2n) is 17.4. The SMILES string of the molecule is CCCCCCC(=O)CCCCCC/C=C/CC[C@@H]1OC(C)(C)OC[C@]1(CO[Si](c1ccccc1)(c1ccccc1)C(C)(C)C)NC(=O)OC(C)(C)C. The summed E-state index contributed by atoms with van der Waals surface area (Å²) in [7, 11) is -2.96. The van der Waals surface area contributed by atoms with Crippen molar-refractivity contribution < 1.29 is 28.2 Å². The molecule has 2 aromatic rings. The lowest BCUT2D eigenvalue weighted by Gasteiger charge is -2.51. The van der Waals surface area contributed by atoms with Crippen molar-refractivity contribution in [3.63, 3.8) is 0 Å². The number of allylic oxidation sites excluding steroid dienone is 2. The minimum absolute atomic E-state index is 0.186. The molecule has 0 radical (unpaired) electrons. The maximum atomic E-state index is 13.6. The highest BCUT2D eigenvalue weighted by atomic mass is 28.4. The number of alkyl carbamates (subject to hydrolysis) is 1. The van der Waals surface area contributed by atoms with Gasteiger partial charge in [-0.1, -0.05) is 133 Å². The number of nitrogens with one attached hydrogen (secondary N) is 1. The fraction of sp³-hybridized carbons (Fsp3) is 0.644. The zero-order chi connectivity index (χ0) is 39.0. The Morgan fingerprint density at radius 3 is 1.91 bits per heavy atom. The predicted molar refractivity (Wildman–Crippen MR) is 220 cm³/mol. The van der Waals surface area contributed by atoms with Crippen LogP contribution >= 0.6 is 0 Å². The first-order valence-corrected chi connectivity index (χ1v) is 22.2. The van der Waals surface area contributed by atoms with Crippen LogP contribution < -0.4 is 15.7 Å². The maximum Gasteiger partial charge on any atom is 0.408 e. The molecule has 7 nitrogen and oxygen atoms in total. The van der Waals surface area contributed by atoms with E-state index in [4.69, 9.17) is 18.6 Å². The third-order valence-corrected chi connectivity index (χ3v) is 15.1. The van der Waals surface area contributed by atoms with Crippen LogP contribution in [0.5, 0.6) is 0 Å². The highest BCUT2D eigenvalue weighted by molar-refractivity contribution is 6.99. The molecule has 0 unspecified atom stereocenters. The molecule has 1 fully saturated rings. The Kier molecular flexibility index (Phi) is 17.5. The van der Waals surface area contributed by atoms with Crippen molar-refractivity contribution in [1.29, 1.82) is 0 Å². The highest BCUT2D eigenvalue weighted by Crippen LogP contribution is 2.39. The number of hydrogen-bond donors (Lipinski definition) is 1. The molecule has 0 aromatic heterocycles. The van der Waals surface area contributed by atoms with E-state index in [9.17, 15) is 9.59 Å². The minimum Gasteiger partial charge on any atom is -0.444 e. The Morgan fingerprint density at radius 1 is 0.811 bits per heavy atom. The topological polar surface area (TPSA) is 83.1 Å². The molecule has 1 heterocycles. The van der Waals surface area contributed by atoms with E-state index in [0.717, 1.165) is 68.2 Å². The molecule has 53 heavy (non-hydrogen) atoms. The third kappa shape index (κ3) is 14.1. The lowest BCUT2D eigenvalue weighted by atomic mass is 9.89. The molecule has 0 bridgehead atoms. The molecule has 296 valence electrons. The van der Waals surface area contributed by atoms with Crippen LogP contribution in [0.3, 0.4) is 0 Å². The van der Waals surface area contributed by atoms with E-state index in [0.29, 0.717) is 12.2 Å². The van der Waals surface area contributed by atoms with Gasteiger partial charge in [0.1, 0.15) is 16.9 Å². The summed E-state index contributed by atoms with van der Waals surface area (Å²) in [6, 6.07) is 21.1. The molecule has 2 atom stereocenters. The minimum atomic E-state index is -2.96. The zero-order valence-corrected chi connectivity index (χ0v) is 35.6. The third-order valence-electron chi connectivity index (χ3n) is 10.1. The van der Waals surface area contributed by atoms with Gasteiger partial charge < -0.3 is 24.0 Å². The molecule has 2 aromatic carbocycles. The van der Waals surface area contributed by atoms with Gasteiger partial charge in [0, 0.05) is 12.8 Å². The van der Waals surface area contributed by atoms with Gasteiger partial charge in [-0.15, -0.1) is 0 Å². The number of unbranched alkanes of at least 4 members (excludes halogenated alkanes) is 7. The standard InChI is InChI=1S/C45H71NO6Si/c1-10-11-12-21-28-37(47)29-22-17-15-13-14-16-18-27-34-40-45(35-49-44(8,9)51-40,46-41(48)52-42(2,3)4)36-50-53(43(5,6)7,38-30-23-19-24-31-38)39-32-25-20-26-33-39/h16,18-20,23-26,30-33,40H,10-15,17,21-22,27-29,34-36H2,1-9H3,(H,46,48)/b18-16+/t40-,45+/m0/s1. The van der Waals surface area contributed by atoms with Crippen LogP contribution in [-0.2, 0) is 23.4 Å². The van der Waals surface area contributed by atoms with Crippen LogP contribution in [0.1, 0.15) is 146 Å². The summed E-state index contributed by atoms with van der Waals surface area (Å²) in [5, 5.41) is 5.33. The van der Waals surface area contributed by atoms with Gasteiger partial charge in [0.25, 0.3) is 8.32 Å². The molecule has 1 saturated heterocycles.